The third kappa shape index (κ3) is 2.60. The molecule has 0 atom stereocenters. The zero-order valence-electron chi connectivity index (χ0n) is 10.5. The van der Waals surface area contributed by atoms with Crippen molar-refractivity contribution in [2.45, 2.75) is 6.18 Å². The molecule has 0 radical (unpaired) electrons. The number of ether oxygens (including phenoxy) is 1. The Hall–Kier alpha value is -2.77. The van der Waals surface area contributed by atoms with Gasteiger partial charge in [0.25, 0.3) is 0 Å². The maximum absolute atomic E-state index is 12.7. The maximum Gasteiger partial charge on any atom is 0.435 e. The lowest BCUT2D eigenvalue weighted by atomic mass is 10.3. The van der Waals surface area contributed by atoms with E-state index in [9.17, 15) is 13.2 Å². The van der Waals surface area contributed by atoms with Crippen molar-refractivity contribution in [2.24, 2.45) is 0 Å². The Labute approximate surface area is 116 Å². The van der Waals surface area contributed by atoms with E-state index in [1.807, 2.05) is 0 Å². The summed E-state index contributed by atoms with van der Waals surface area (Å²) in [6.45, 7) is 0. The van der Waals surface area contributed by atoms with E-state index in [1.54, 1.807) is 24.3 Å². The molecule has 0 aliphatic rings. The Morgan fingerprint density at radius 1 is 1.19 bits per heavy atom. The van der Waals surface area contributed by atoms with Crippen LogP contribution in [-0.2, 0) is 6.18 Å². The number of rotatable bonds is 2. The first-order valence-electron chi connectivity index (χ1n) is 5.88. The normalized spacial score (nSPS) is 11.8. The number of nitrogens with two attached hydrogens (primary N) is 1. The fourth-order valence-electron chi connectivity index (χ4n) is 1.80. The number of hydrogen-bond donors (Lipinski definition) is 1. The molecule has 0 saturated heterocycles. The SMILES string of the molecule is Nc1cccc(Oc2nccn3nc(C(F)(F)F)cc23)c1. The van der Waals surface area contributed by atoms with E-state index in [2.05, 4.69) is 10.1 Å². The van der Waals surface area contributed by atoms with Crippen molar-refractivity contribution in [3.63, 3.8) is 0 Å². The molecule has 0 amide bonds. The molecule has 0 bridgehead atoms. The third-order valence-electron chi connectivity index (χ3n) is 2.72. The fraction of sp³-hybridized carbons (Fsp3) is 0.0769. The van der Waals surface area contributed by atoms with Gasteiger partial charge in [-0.25, -0.2) is 9.50 Å². The molecular weight excluding hydrogens is 285 g/mol. The van der Waals surface area contributed by atoms with Gasteiger partial charge in [-0.2, -0.15) is 18.3 Å². The zero-order chi connectivity index (χ0) is 15.0. The van der Waals surface area contributed by atoms with Gasteiger partial charge in [-0.1, -0.05) is 6.07 Å². The smallest absolute Gasteiger partial charge is 0.435 e. The van der Waals surface area contributed by atoms with Crippen LogP contribution in [-0.4, -0.2) is 14.6 Å². The first-order chi connectivity index (χ1) is 9.93. The van der Waals surface area contributed by atoms with E-state index in [-0.39, 0.29) is 11.4 Å². The van der Waals surface area contributed by atoms with Crippen LogP contribution < -0.4 is 10.5 Å². The first kappa shape index (κ1) is 13.2. The summed E-state index contributed by atoms with van der Waals surface area (Å²) in [5, 5.41) is 3.45. The average Bonchev–Trinajstić information content (AvgIpc) is 2.84. The van der Waals surface area contributed by atoms with Gasteiger partial charge in [0, 0.05) is 30.2 Å². The van der Waals surface area contributed by atoms with Crippen molar-refractivity contribution in [2.75, 3.05) is 5.73 Å². The summed E-state index contributed by atoms with van der Waals surface area (Å²) < 4.78 is 44.6. The number of nitrogens with zero attached hydrogens (tertiary/aromatic N) is 3. The van der Waals surface area contributed by atoms with E-state index >= 15 is 0 Å². The minimum Gasteiger partial charge on any atom is -0.437 e. The Morgan fingerprint density at radius 3 is 2.71 bits per heavy atom. The summed E-state index contributed by atoms with van der Waals surface area (Å²) in [4.78, 5) is 3.94. The van der Waals surface area contributed by atoms with Crippen LogP contribution in [0.25, 0.3) is 5.52 Å². The third-order valence-corrected chi connectivity index (χ3v) is 2.72. The van der Waals surface area contributed by atoms with Crippen molar-refractivity contribution in [3.8, 4) is 11.6 Å². The molecule has 0 saturated carbocycles. The van der Waals surface area contributed by atoms with Crippen molar-refractivity contribution in [3.05, 3.63) is 48.4 Å². The Morgan fingerprint density at radius 2 is 2.00 bits per heavy atom. The number of aromatic nitrogens is 3. The van der Waals surface area contributed by atoms with Gasteiger partial charge in [0.15, 0.2) is 5.69 Å². The van der Waals surface area contributed by atoms with Crippen molar-refractivity contribution < 1.29 is 17.9 Å². The zero-order valence-corrected chi connectivity index (χ0v) is 10.5. The van der Waals surface area contributed by atoms with Gasteiger partial charge in [0.1, 0.15) is 11.3 Å². The molecule has 8 heteroatoms. The molecule has 0 aliphatic heterocycles. The number of benzene rings is 1. The highest BCUT2D eigenvalue weighted by Gasteiger charge is 2.34. The molecule has 3 aromatic rings. The molecule has 0 unspecified atom stereocenters. The molecule has 0 fully saturated rings. The second-order valence-electron chi connectivity index (χ2n) is 4.26. The van der Waals surface area contributed by atoms with E-state index in [1.165, 1.54) is 12.4 Å². The van der Waals surface area contributed by atoms with Crippen LogP contribution in [0.3, 0.4) is 0 Å². The van der Waals surface area contributed by atoms with E-state index in [0.717, 1.165) is 10.6 Å². The molecule has 0 aliphatic carbocycles. The second kappa shape index (κ2) is 4.65. The van der Waals surface area contributed by atoms with Crippen molar-refractivity contribution >= 4 is 11.2 Å². The van der Waals surface area contributed by atoms with E-state index < -0.39 is 11.9 Å². The standard InChI is InChI=1S/C13H9F3N4O/c14-13(15,16)11-7-10-12(18-4-5-20(10)19-11)21-9-3-1-2-8(17)6-9/h1-7H,17H2. The monoisotopic (exact) mass is 294 g/mol. The summed E-state index contributed by atoms with van der Waals surface area (Å²) in [5.74, 6) is 0.399. The molecule has 2 heterocycles. The molecular formula is C13H9F3N4O. The predicted molar refractivity (Wildman–Crippen MR) is 68.9 cm³/mol. The lowest BCUT2D eigenvalue weighted by molar-refractivity contribution is -0.141. The fourth-order valence-corrected chi connectivity index (χ4v) is 1.80. The van der Waals surface area contributed by atoms with E-state index in [0.29, 0.717) is 11.4 Å². The Balaban J connectivity index is 2.04. The molecule has 2 N–H and O–H groups in total. The summed E-state index contributed by atoms with van der Waals surface area (Å²) in [5.41, 5.74) is 5.21. The van der Waals surface area contributed by atoms with Gasteiger partial charge in [0.05, 0.1) is 0 Å². The summed E-state index contributed by atoms with van der Waals surface area (Å²) in [6, 6.07) is 7.40. The molecule has 108 valence electrons. The van der Waals surface area contributed by atoms with Crippen LogP contribution in [0.2, 0.25) is 0 Å². The summed E-state index contributed by atoms with van der Waals surface area (Å²) in [7, 11) is 0. The van der Waals surface area contributed by atoms with Crippen molar-refractivity contribution in [1.29, 1.82) is 0 Å². The van der Waals surface area contributed by atoms with Crippen LogP contribution in [0.5, 0.6) is 11.6 Å². The first-order valence-corrected chi connectivity index (χ1v) is 5.88. The van der Waals surface area contributed by atoms with Gasteiger partial charge < -0.3 is 10.5 Å². The molecule has 5 nitrogen and oxygen atoms in total. The number of alkyl halides is 3. The molecule has 1 aromatic carbocycles. The molecule has 0 spiro atoms. The van der Waals surface area contributed by atoms with Gasteiger partial charge in [-0.05, 0) is 12.1 Å². The highest BCUT2D eigenvalue weighted by molar-refractivity contribution is 5.58. The minimum absolute atomic E-state index is 0.0195. The number of hydrogen-bond acceptors (Lipinski definition) is 4. The highest BCUT2D eigenvalue weighted by atomic mass is 19.4. The number of halogens is 3. The molecule has 3 rings (SSSR count). The second-order valence-corrected chi connectivity index (χ2v) is 4.26. The summed E-state index contributed by atoms with van der Waals surface area (Å²) >= 11 is 0. The molecule has 21 heavy (non-hydrogen) atoms. The Bertz CT molecular complexity index is 797. The van der Waals surface area contributed by atoms with Crippen LogP contribution >= 0.6 is 0 Å². The van der Waals surface area contributed by atoms with Gasteiger partial charge >= 0.3 is 6.18 Å². The molecule has 2 aromatic heterocycles. The van der Waals surface area contributed by atoms with Gasteiger partial charge in [0.2, 0.25) is 5.88 Å². The van der Waals surface area contributed by atoms with Crippen LogP contribution in [0.4, 0.5) is 18.9 Å². The average molecular weight is 294 g/mol. The van der Waals surface area contributed by atoms with Crippen molar-refractivity contribution in [1.82, 2.24) is 14.6 Å². The topological polar surface area (TPSA) is 65.4 Å². The number of fused-ring (bicyclic) bond motifs is 1. The lowest BCUT2D eigenvalue weighted by Crippen LogP contribution is -2.05. The van der Waals surface area contributed by atoms with Crippen LogP contribution in [0, 0.1) is 0 Å². The van der Waals surface area contributed by atoms with Gasteiger partial charge in [-0.15, -0.1) is 0 Å². The van der Waals surface area contributed by atoms with Crippen LogP contribution in [0.1, 0.15) is 5.69 Å². The van der Waals surface area contributed by atoms with Gasteiger partial charge in [-0.3, -0.25) is 0 Å². The Kier molecular flexibility index (Phi) is 2.93. The number of nitrogen functional groups attached to an aromatic ring is 1. The van der Waals surface area contributed by atoms with E-state index in [4.69, 9.17) is 10.5 Å². The minimum atomic E-state index is -4.53. The predicted octanol–water partition coefficient (Wildman–Crippen LogP) is 3.12. The quantitative estimate of drug-likeness (QED) is 0.737. The number of anilines is 1. The maximum atomic E-state index is 12.7. The highest BCUT2D eigenvalue weighted by Crippen LogP contribution is 2.32. The van der Waals surface area contributed by atoms with Crippen LogP contribution in [0.15, 0.2) is 42.7 Å². The summed E-state index contributed by atoms with van der Waals surface area (Å²) in [6.07, 6.45) is -1.90. The largest absolute Gasteiger partial charge is 0.437 e. The lowest BCUT2D eigenvalue weighted by Gasteiger charge is -2.06.